The molecule has 0 radical (unpaired) electrons. The predicted molar refractivity (Wildman–Crippen MR) is 92.6 cm³/mol. The highest BCUT2D eigenvalue weighted by molar-refractivity contribution is 7.09. The van der Waals surface area contributed by atoms with Crippen molar-refractivity contribution in [3.63, 3.8) is 0 Å². The number of hydrogen-bond donors (Lipinski definition) is 2. The number of carbonyl (C=O) groups excluding carboxylic acids is 1. The van der Waals surface area contributed by atoms with Crippen molar-refractivity contribution in [2.24, 2.45) is 7.05 Å². The molecule has 3 aromatic heterocycles. The smallest absolute Gasteiger partial charge is 0.328 e. The zero-order valence-electron chi connectivity index (χ0n) is 12.7. The molecule has 3 heterocycles. The molecule has 1 unspecified atom stereocenters. The van der Waals surface area contributed by atoms with Gasteiger partial charge < -0.3 is 10.3 Å². The molecule has 3 rings (SSSR count). The van der Waals surface area contributed by atoms with Gasteiger partial charge in [-0.15, -0.1) is 11.3 Å². The van der Waals surface area contributed by atoms with Gasteiger partial charge >= 0.3 is 5.69 Å². The van der Waals surface area contributed by atoms with E-state index in [0.717, 1.165) is 21.2 Å². The normalized spacial score (nSPS) is 12.0. The minimum atomic E-state index is -0.628. The molecule has 0 aromatic carbocycles. The number of carbonyl (C=O) groups is 1. The van der Waals surface area contributed by atoms with Crippen molar-refractivity contribution in [2.75, 3.05) is 0 Å². The van der Waals surface area contributed by atoms with E-state index in [4.69, 9.17) is 0 Å². The summed E-state index contributed by atoms with van der Waals surface area (Å²) in [5.74, 6) is -0.514. The van der Waals surface area contributed by atoms with E-state index in [1.54, 1.807) is 17.5 Å². The molecule has 0 aliphatic rings. The first-order valence-electron chi connectivity index (χ1n) is 7.06. The largest absolute Gasteiger partial charge is 0.341 e. The van der Waals surface area contributed by atoms with E-state index in [-0.39, 0.29) is 11.7 Å². The van der Waals surface area contributed by atoms with E-state index in [1.165, 1.54) is 18.4 Å². The van der Waals surface area contributed by atoms with Gasteiger partial charge in [0.2, 0.25) is 0 Å². The van der Waals surface area contributed by atoms with Crippen LogP contribution in [-0.2, 0) is 13.5 Å². The van der Waals surface area contributed by atoms with E-state index in [9.17, 15) is 14.4 Å². The van der Waals surface area contributed by atoms with Crippen LogP contribution in [0, 0.1) is 0 Å². The third kappa shape index (κ3) is 3.52. The lowest BCUT2D eigenvalue weighted by molar-refractivity contribution is 0.0930. The van der Waals surface area contributed by atoms with Gasteiger partial charge in [-0.05, 0) is 22.4 Å². The van der Waals surface area contributed by atoms with Crippen LogP contribution in [0.25, 0.3) is 0 Å². The first-order chi connectivity index (χ1) is 11.5. The van der Waals surface area contributed by atoms with Crippen LogP contribution in [0.15, 0.2) is 44.1 Å². The molecule has 0 aliphatic carbocycles. The first-order valence-corrected chi connectivity index (χ1v) is 8.88. The van der Waals surface area contributed by atoms with E-state index in [0.29, 0.717) is 6.42 Å². The fraction of sp³-hybridized carbons (Fsp3) is 0.200. The lowest BCUT2D eigenvalue weighted by atomic mass is 10.1. The summed E-state index contributed by atoms with van der Waals surface area (Å²) in [6, 6.07) is 2.76. The van der Waals surface area contributed by atoms with E-state index >= 15 is 0 Å². The number of amides is 1. The molecule has 7 nitrogen and oxygen atoms in total. The molecule has 9 heteroatoms. The van der Waals surface area contributed by atoms with Crippen LogP contribution in [0.5, 0.6) is 0 Å². The number of aromatic nitrogens is 3. The number of H-pyrrole nitrogens is 1. The van der Waals surface area contributed by atoms with Gasteiger partial charge in [-0.3, -0.25) is 14.2 Å². The molecule has 124 valence electrons. The minimum Gasteiger partial charge on any atom is -0.341 e. The highest BCUT2D eigenvalue weighted by Crippen LogP contribution is 2.22. The van der Waals surface area contributed by atoms with Crippen LogP contribution in [0.4, 0.5) is 0 Å². The van der Waals surface area contributed by atoms with Crippen LogP contribution in [-0.4, -0.2) is 20.4 Å². The van der Waals surface area contributed by atoms with E-state index in [1.807, 2.05) is 22.2 Å². The lowest BCUT2D eigenvalue weighted by Crippen LogP contribution is -2.37. The summed E-state index contributed by atoms with van der Waals surface area (Å²) in [7, 11) is 1.35. The van der Waals surface area contributed by atoms with E-state index < -0.39 is 17.2 Å². The molecule has 0 bridgehead atoms. The molecule has 0 saturated heterocycles. The third-order valence-corrected chi connectivity index (χ3v) is 5.09. The Morgan fingerprint density at radius 3 is 2.88 bits per heavy atom. The average molecular weight is 362 g/mol. The van der Waals surface area contributed by atoms with Gasteiger partial charge in [0.1, 0.15) is 10.7 Å². The van der Waals surface area contributed by atoms with Crippen molar-refractivity contribution >= 4 is 28.6 Å². The molecule has 0 fully saturated rings. The monoisotopic (exact) mass is 362 g/mol. The molecular weight excluding hydrogens is 348 g/mol. The predicted octanol–water partition coefficient (Wildman–Crippen LogP) is 1.31. The van der Waals surface area contributed by atoms with Gasteiger partial charge in [0.15, 0.2) is 0 Å². The lowest BCUT2D eigenvalue weighted by Gasteiger charge is -2.16. The second-order valence-corrected chi connectivity index (χ2v) is 6.82. The van der Waals surface area contributed by atoms with Crippen LogP contribution in [0.3, 0.4) is 0 Å². The van der Waals surface area contributed by atoms with Crippen molar-refractivity contribution < 1.29 is 4.79 Å². The van der Waals surface area contributed by atoms with Gasteiger partial charge in [0.25, 0.3) is 11.5 Å². The number of nitrogens with one attached hydrogen (secondary N) is 2. The summed E-state index contributed by atoms with van der Waals surface area (Å²) in [6.07, 6.45) is 2.25. The Balaban J connectivity index is 1.86. The zero-order chi connectivity index (χ0) is 17.1. The molecule has 24 heavy (non-hydrogen) atoms. The van der Waals surface area contributed by atoms with Crippen LogP contribution >= 0.6 is 22.7 Å². The third-order valence-electron chi connectivity index (χ3n) is 3.46. The number of thiophene rings is 1. The summed E-state index contributed by atoms with van der Waals surface area (Å²) in [6.45, 7) is 0. The first kappa shape index (κ1) is 16.3. The van der Waals surface area contributed by atoms with Gasteiger partial charge in [0, 0.05) is 31.1 Å². The standard InChI is InChI=1S/C15H14N4O3S2/c1-19-12(20)7-10(18-15(19)22)13(21)17-11(14-16-3-5-24-14)6-9-2-4-23-8-9/h2-5,7-8,11H,6H2,1H3,(H,17,21)(H,18,22). The molecule has 3 aromatic rings. The maximum Gasteiger partial charge on any atom is 0.328 e. The Morgan fingerprint density at radius 1 is 1.42 bits per heavy atom. The summed E-state index contributed by atoms with van der Waals surface area (Å²) < 4.78 is 0.903. The van der Waals surface area contributed by atoms with Crippen LogP contribution in [0.1, 0.15) is 27.1 Å². The highest BCUT2D eigenvalue weighted by Gasteiger charge is 2.20. The Labute approximate surface area is 144 Å². The molecule has 0 spiro atoms. The number of aromatic amines is 1. The van der Waals surface area contributed by atoms with Crippen molar-refractivity contribution in [3.05, 3.63) is 71.6 Å². The van der Waals surface area contributed by atoms with Crippen molar-refractivity contribution in [1.29, 1.82) is 0 Å². The average Bonchev–Trinajstić information content (AvgIpc) is 3.24. The van der Waals surface area contributed by atoms with Crippen LogP contribution < -0.4 is 16.6 Å². The molecule has 2 N–H and O–H groups in total. The Bertz CT molecular complexity index is 911. The molecule has 0 aliphatic heterocycles. The number of hydrogen-bond acceptors (Lipinski definition) is 6. The quantitative estimate of drug-likeness (QED) is 0.715. The molecule has 0 saturated carbocycles. The summed E-state index contributed by atoms with van der Waals surface area (Å²) >= 11 is 3.02. The van der Waals surface area contributed by atoms with Gasteiger partial charge in [-0.2, -0.15) is 11.3 Å². The molecule has 1 atom stereocenters. The SMILES string of the molecule is Cn1c(=O)cc(C(=O)NC(Cc2ccsc2)c2nccs2)[nH]c1=O. The summed E-state index contributed by atoms with van der Waals surface area (Å²) in [5, 5.41) is 9.42. The summed E-state index contributed by atoms with van der Waals surface area (Å²) in [5.41, 5.74) is -0.142. The Morgan fingerprint density at radius 2 is 2.25 bits per heavy atom. The number of thiazole rings is 1. The van der Waals surface area contributed by atoms with Crippen molar-refractivity contribution in [1.82, 2.24) is 19.9 Å². The second-order valence-electron chi connectivity index (χ2n) is 5.12. The van der Waals surface area contributed by atoms with E-state index in [2.05, 4.69) is 15.3 Å². The summed E-state index contributed by atoms with van der Waals surface area (Å²) in [4.78, 5) is 42.5. The topological polar surface area (TPSA) is 96.8 Å². The van der Waals surface area contributed by atoms with Crippen molar-refractivity contribution in [3.8, 4) is 0 Å². The number of nitrogens with zero attached hydrogens (tertiary/aromatic N) is 2. The number of rotatable bonds is 5. The molecular formula is C15H14N4O3S2. The highest BCUT2D eigenvalue weighted by atomic mass is 32.1. The van der Waals surface area contributed by atoms with Gasteiger partial charge in [-0.1, -0.05) is 0 Å². The van der Waals surface area contributed by atoms with Gasteiger partial charge in [-0.25, -0.2) is 9.78 Å². The fourth-order valence-electron chi connectivity index (χ4n) is 2.16. The van der Waals surface area contributed by atoms with Gasteiger partial charge in [0.05, 0.1) is 6.04 Å². The zero-order valence-corrected chi connectivity index (χ0v) is 14.3. The maximum absolute atomic E-state index is 12.4. The minimum absolute atomic E-state index is 0.0602. The fourth-order valence-corrected chi connectivity index (χ4v) is 3.54. The Kier molecular flexibility index (Phi) is 4.72. The van der Waals surface area contributed by atoms with Crippen molar-refractivity contribution in [2.45, 2.75) is 12.5 Å². The Hall–Kier alpha value is -2.52. The van der Waals surface area contributed by atoms with Crippen LogP contribution in [0.2, 0.25) is 0 Å². The second kappa shape index (κ2) is 6.93. The maximum atomic E-state index is 12.4. The molecule has 1 amide bonds.